The highest BCUT2D eigenvalue weighted by Crippen LogP contribution is 2.17. The van der Waals surface area contributed by atoms with Gasteiger partial charge in [-0.05, 0) is 48.7 Å². The van der Waals surface area contributed by atoms with Gasteiger partial charge in [-0.2, -0.15) is 5.10 Å². The maximum Gasteiger partial charge on any atom is 0.335 e. The second-order valence-corrected chi connectivity index (χ2v) is 8.57. The molecule has 4 aromatic rings. The predicted molar refractivity (Wildman–Crippen MR) is 133 cm³/mol. The van der Waals surface area contributed by atoms with Crippen LogP contribution in [0.1, 0.15) is 71.3 Å². The first-order valence-electron chi connectivity index (χ1n) is 11.4. The molecule has 3 amide bonds. The number of aromatic carboxylic acids is 1. The number of nitrogens with two attached hydrogens (primary N) is 1. The number of amides is 3. The second kappa shape index (κ2) is 10.5. The quantitative estimate of drug-likeness (QED) is 0.278. The summed E-state index contributed by atoms with van der Waals surface area (Å²) in [6, 6.07) is 11.1. The van der Waals surface area contributed by atoms with Gasteiger partial charge in [0.25, 0.3) is 17.7 Å². The Labute approximate surface area is 215 Å². The van der Waals surface area contributed by atoms with Crippen molar-refractivity contribution in [3.63, 3.8) is 0 Å². The summed E-state index contributed by atoms with van der Waals surface area (Å²) < 4.78 is 14.7. The van der Waals surface area contributed by atoms with Crippen LogP contribution in [0.25, 0.3) is 5.65 Å². The number of carboxylic acid groups (broad SMARTS) is 1. The number of primary amides is 1. The molecule has 2 heterocycles. The van der Waals surface area contributed by atoms with Gasteiger partial charge in [0.1, 0.15) is 22.8 Å². The number of nitrogens with zero attached hydrogens (tertiary/aromatic N) is 3. The van der Waals surface area contributed by atoms with Crippen molar-refractivity contribution < 1.29 is 28.7 Å². The SMILES string of the molecule is Cc1cc(CNC(=O)c2cc(C(=O)N[C@H](C)c3ccc(C(=O)O)cc3)nc3c(C(N)=O)cnn23)ccc1F. The van der Waals surface area contributed by atoms with Gasteiger partial charge in [0.05, 0.1) is 17.8 Å². The third-order valence-electron chi connectivity index (χ3n) is 5.88. The molecule has 1 atom stereocenters. The lowest BCUT2D eigenvalue weighted by Gasteiger charge is -2.15. The Bertz CT molecular complexity index is 1580. The lowest BCUT2D eigenvalue weighted by Crippen LogP contribution is -2.30. The number of benzene rings is 2. The van der Waals surface area contributed by atoms with Crippen LogP contribution in [0, 0.1) is 12.7 Å². The Morgan fingerprint density at radius 2 is 1.79 bits per heavy atom. The summed E-state index contributed by atoms with van der Waals surface area (Å²) in [7, 11) is 0. The van der Waals surface area contributed by atoms with Crippen LogP contribution in [0.4, 0.5) is 4.39 Å². The van der Waals surface area contributed by atoms with Crippen LogP contribution >= 0.6 is 0 Å². The predicted octanol–water partition coefficient (Wildman–Crippen LogP) is 2.39. The molecule has 0 unspecified atom stereocenters. The molecule has 11 nitrogen and oxygen atoms in total. The number of carbonyl (C=O) groups is 4. The van der Waals surface area contributed by atoms with Crippen LogP contribution in [-0.4, -0.2) is 43.4 Å². The van der Waals surface area contributed by atoms with Crippen molar-refractivity contribution >= 4 is 29.3 Å². The maximum atomic E-state index is 13.6. The highest BCUT2D eigenvalue weighted by molar-refractivity contribution is 6.02. The fourth-order valence-electron chi connectivity index (χ4n) is 3.77. The first-order chi connectivity index (χ1) is 18.0. The fraction of sp³-hybridized carbons (Fsp3) is 0.154. The molecule has 0 radical (unpaired) electrons. The molecule has 5 N–H and O–H groups in total. The molecule has 2 aromatic carbocycles. The second-order valence-electron chi connectivity index (χ2n) is 8.57. The van der Waals surface area contributed by atoms with Gasteiger partial charge in [-0.15, -0.1) is 0 Å². The molecule has 12 heteroatoms. The van der Waals surface area contributed by atoms with Gasteiger partial charge in [-0.1, -0.05) is 24.3 Å². The van der Waals surface area contributed by atoms with Crippen LogP contribution in [0.5, 0.6) is 0 Å². The highest BCUT2D eigenvalue weighted by atomic mass is 19.1. The number of nitrogens with one attached hydrogen (secondary N) is 2. The summed E-state index contributed by atoms with van der Waals surface area (Å²) >= 11 is 0. The molecule has 0 spiro atoms. The summed E-state index contributed by atoms with van der Waals surface area (Å²) in [5.74, 6) is -3.55. The minimum absolute atomic E-state index is 0.0681. The molecule has 4 rings (SSSR count). The Hall–Kier alpha value is -5.13. The minimum Gasteiger partial charge on any atom is -0.478 e. The van der Waals surface area contributed by atoms with Gasteiger partial charge in [0.15, 0.2) is 5.65 Å². The molecule has 0 aliphatic heterocycles. The zero-order valence-corrected chi connectivity index (χ0v) is 20.4. The molecule has 0 saturated carbocycles. The Morgan fingerprint density at radius 1 is 1.08 bits per heavy atom. The zero-order chi connectivity index (χ0) is 27.6. The number of carboxylic acids is 1. The van der Waals surface area contributed by atoms with E-state index in [1.54, 1.807) is 32.0 Å². The standard InChI is InChI=1S/C26H23FN6O5/c1-13-9-15(3-8-19(13)27)11-29-25(36)21-10-20(32-23-18(22(28)34)12-30-33(21)23)24(35)31-14(2)16-4-6-17(7-5-16)26(37)38/h3-10,12,14H,11H2,1-2H3,(H2,28,34)(H,29,36)(H,31,35)(H,37,38)/t14-/m1/s1. The summed E-state index contributed by atoms with van der Waals surface area (Å²) in [5.41, 5.74) is 6.83. The van der Waals surface area contributed by atoms with Crippen molar-refractivity contribution in [1.82, 2.24) is 25.2 Å². The van der Waals surface area contributed by atoms with E-state index in [0.29, 0.717) is 16.7 Å². The van der Waals surface area contributed by atoms with Gasteiger partial charge in [-0.25, -0.2) is 18.7 Å². The van der Waals surface area contributed by atoms with E-state index in [9.17, 15) is 23.6 Å². The van der Waals surface area contributed by atoms with Crippen LogP contribution in [-0.2, 0) is 6.54 Å². The van der Waals surface area contributed by atoms with Crippen LogP contribution < -0.4 is 16.4 Å². The molecule has 0 aliphatic rings. The van der Waals surface area contributed by atoms with Crippen molar-refractivity contribution in [3.05, 3.63) is 99.8 Å². The average Bonchev–Trinajstić information content (AvgIpc) is 3.33. The zero-order valence-electron chi connectivity index (χ0n) is 20.4. The Morgan fingerprint density at radius 3 is 2.42 bits per heavy atom. The van der Waals surface area contributed by atoms with E-state index in [1.807, 2.05) is 0 Å². The van der Waals surface area contributed by atoms with Crippen molar-refractivity contribution in [2.45, 2.75) is 26.4 Å². The number of fused-ring (bicyclic) bond motifs is 1. The van der Waals surface area contributed by atoms with Crippen LogP contribution in [0.3, 0.4) is 0 Å². The molecule has 0 bridgehead atoms. The molecule has 2 aromatic heterocycles. The lowest BCUT2D eigenvalue weighted by atomic mass is 10.1. The molecule has 0 fully saturated rings. The van der Waals surface area contributed by atoms with E-state index in [-0.39, 0.29) is 40.5 Å². The number of aromatic nitrogens is 3. The van der Waals surface area contributed by atoms with E-state index in [4.69, 9.17) is 10.8 Å². The summed E-state index contributed by atoms with van der Waals surface area (Å²) in [6.07, 6.45) is 1.15. The monoisotopic (exact) mass is 518 g/mol. The number of aryl methyl sites for hydroxylation is 1. The maximum absolute atomic E-state index is 13.6. The van der Waals surface area contributed by atoms with E-state index < -0.39 is 29.7 Å². The van der Waals surface area contributed by atoms with Gasteiger partial charge in [0, 0.05) is 12.6 Å². The van der Waals surface area contributed by atoms with E-state index >= 15 is 0 Å². The Kier molecular flexibility index (Phi) is 7.15. The van der Waals surface area contributed by atoms with Crippen molar-refractivity contribution in [3.8, 4) is 0 Å². The smallest absolute Gasteiger partial charge is 0.335 e. The van der Waals surface area contributed by atoms with Crippen LogP contribution in [0.2, 0.25) is 0 Å². The van der Waals surface area contributed by atoms with Gasteiger partial charge in [-0.3, -0.25) is 14.4 Å². The lowest BCUT2D eigenvalue weighted by molar-refractivity contribution is 0.0695. The average molecular weight is 519 g/mol. The molecule has 38 heavy (non-hydrogen) atoms. The normalized spacial score (nSPS) is 11.7. The van der Waals surface area contributed by atoms with Crippen molar-refractivity contribution in [2.75, 3.05) is 0 Å². The molecule has 0 aliphatic carbocycles. The molecule has 194 valence electrons. The van der Waals surface area contributed by atoms with Gasteiger partial charge in [0.2, 0.25) is 0 Å². The van der Waals surface area contributed by atoms with E-state index in [0.717, 1.165) is 10.7 Å². The largest absolute Gasteiger partial charge is 0.478 e. The van der Waals surface area contributed by atoms with Crippen LogP contribution in [0.15, 0.2) is 54.7 Å². The fourth-order valence-corrected chi connectivity index (χ4v) is 3.77. The third-order valence-corrected chi connectivity index (χ3v) is 5.88. The number of hydrogen-bond donors (Lipinski definition) is 4. The summed E-state index contributed by atoms with van der Waals surface area (Å²) in [6.45, 7) is 3.37. The number of halogens is 1. The molecular formula is C26H23FN6O5. The Balaban J connectivity index is 1.62. The van der Waals surface area contributed by atoms with Crippen molar-refractivity contribution in [2.24, 2.45) is 5.73 Å². The minimum atomic E-state index is -1.07. The molecule has 0 saturated heterocycles. The number of hydrogen-bond acceptors (Lipinski definition) is 6. The van der Waals surface area contributed by atoms with Gasteiger partial charge < -0.3 is 21.5 Å². The first-order valence-corrected chi connectivity index (χ1v) is 11.4. The third kappa shape index (κ3) is 5.33. The van der Waals surface area contributed by atoms with Crippen molar-refractivity contribution in [1.29, 1.82) is 0 Å². The number of carbonyl (C=O) groups excluding carboxylic acids is 3. The topological polar surface area (TPSA) is 169 Å². The molecular weight excluding hydrogens is 495 g/mol. The summed E-state index contributed by atoms with van der Waals surface area (Å²) in [5, 5.41) is 18.5. The van der Waals surface area contributed by atoms with Gasteiger partial charge >= 0.3 is 5.97 Å². The first kappa shape index (κ1) is 25.9. The van der Waals surface area contributed by atoms with E-state index in [2.05, 4.69) is 20.7 Å². The van der Waals surface area contributed by atoms with E-state index in [1.165, 1.54) is 30.3 Å². The highest BCUT2D eigenvalue weighted by Gasteiger charge is 2.22. The number of rotatable bonds is 8. The summed E-state index contributed by atoms with van der Waals surface area (Å²) in [4.78, 5) is 53.4.